The second-order valence-electron chi connectivity index (χ2n) is 2.52. The van der Waals surface area contributed by atoms with Crippen molar-refractivity contribution >= 4 is 5.78 Å². The lowest BCUT2D eigenvalue weighted by Crippen LogP contribution is -2.00. The van der Waals surface area contributed by atoms with Gasteiger partial charge in [0, 0.05) is 6.42 Å². The number of carbonyl (C=O) groups excluding carboxylic acids is 1. The number of allylic oxidation sites excluding steroid dienone is 5. The van der Waals surface area contributed by atoms with Gasteiger partial charge in [0.25, 0.3) is 0 Å². The van der Waals surface area contributed by atoms with E-state index >= 15 is 0 Å². The third-order valence-corrected chi connectivity index (χ3v) is 1.39. The van der Waals surface area contributed by atoms with Gasteiger partial charge in [-0.3, -0.25) is 4.79 Å². The van der Waals surface area contributed by atoms with Crippen LogP contribution in [0.2, 0.25) is 0 Å². The quantitative estimate of drug-likeness (QED) is 0.486. The Labute approximate surface area is 76.4 Å². The molecule has 0 radical (unpaired) electrons. The van der Waals surface area contributed by atoms with Crippen LogP contribution in [0.4, 0.5) is 8.78 Å². The monoisotopic (exact) mass is 186 g/mol. The molecule has 0 aliphatic rings. The maximum Gasteiger partial charge on any atom is 0.165 e. The Morgan fingerprint density at radius 1 is 1.38 bits per heavy atom. The van der Waals surface area contributed by atoms with Crippen LogP contribution in [0.1, 0.15) is 20.3 Å². The first-order valence-electron chi connectivity index (χ1n) is 3.91. The van der Waals surface area contributed by atoms with E-state index in [4.69, 9.17) is 0 Å². The molecule has 0 atom stereocenters. The van der Waals surface area contributed by atoms with Crippen molar-refractivity contribution in [3.63, 3.8) is 0 Å². The minimum atomic E-state index is -0.829. The van der Waals surface area contributed by atoms with Gasteiger partial charge >= 0.3 is 0 Å². The topological polar surface area (TPSA) is 17.1 Å². The van der Waals surface area contributed by atoms with Crippen molar-refractivity contribution in [1.82, 2.24) is 0 Å². The third kappa shape index (κ3) is 4.35. The number of hydrogen-bond donors (Lipinski definition) is 0. The van der Waals surface area contributed by atoms with Crippen molar-refractivity contribution < 1.29 is 13.6 Å². The summed E-state index contributed by atoms with van der Waals surface area (Å²) in [6.45, 7) is 5.81. The highest BCUT2D eigenvalue weighted by atomic mass is 19.1. The fourth-order valence-electron chi connectivity index (χ4n) is 0.723. The SMILES string of the molecule is C=C(F)/C(=C\C=C(/C)F)C(=O)CC. The molecule has 3 heteroatoms. The Morgan fingerprint density at radius 3 is 2.23 bits per heavy atom. The Bertz CT molecular complexity index is 271. The van der Waals surface area contributed by atoms with Crippen molar-refractivity contribution in [2.75, 3.05) is 0 Å². The van der Waals surface area contributed by atoms with Crippen LogP contribution in [0.5, 0.6) is 0 Å². The maximum atomic E-state index is 12.6. The van der Waals surface area contributed by atoms with Crippen molar-refractivity contribution in [2.24, 2.45) is 0 Å². The van der Waals surface area contributed by atoms with Gasteiger partial charge in [0.05, 0.1) is 11.4 Å². The van der Waals surface area contributed by atoms with Crippen LogP contribution in [0.25, 0.3) is 0 Å². The van der Waals surface area contributed by atoms with E-state index in [-0.39, 0.29) is 17.8 Å². The van der Waals surface area contributed by atoms with E-state index in [2.05, 4.69) is 6.58 Å². The highest BCUT2D eigenvalue weighted by molar-refractivity contribution is 5.98. The van der Waals surface area contributed by atoms with Gasteiger partial charge in [-0.1, -0.05) is 13.5 Å². The predicted octanol–water partition coefficient (Wildman–Crippen LogP) is 3.25. The molecule has 13 heavy (non-hydrogen) atoms. The Kier molecular flexibility index (Phi) is 4.89. The summed E-state index contributed by atoms with van der Waals surface area (Å²) in [5, 5.41) is 0. The first-order chi connectivity index (χ1) is 5.99. The Hall–Kier alpha value is -1.25. The summed E-state index contributed by atoms with van der Waals surface area (Å²) >= 11 is 0. The van der Waals surface area contributed by atoms with Crippen molar-refractivity contribution in [3.8, 4) is 0 Å². The molecule has 0 aromatic rings. The molecule has 0 fully saturated rings. The average molecular weight is 186 g/mol. The summed E-state index contributed by atoms with van der Waals surface area (Å²) in [6, 6.07) is 0. The molecular weight excluding hydrogens is 174 g/mol. The van der Waals surface area contributed by atoms with Crippen molar-refractivity contribution in [3.05, 3.63) is 36.0 Å². The summed E-state index contributed by atoms with van der Waals surface area (Å²) in [7, 11) is 0. The summed E-state index contributed by atoms with van der Waals surface area (Å²) < 4.78 is 24.9. The van der Waals surface area contributed by atoms with E-state index in [0.29, 0.717) is 0 Å². The van der Waals surface area contributed by atoms with E-state index in [9.17, 15) is 13.6 Å². The van der Waals surface area contributed by atoms with E-state index in [1.54, 1.807) is 6.92 Å². The van der Waals surface area contributed by atoms with E-state index in [1.165, 1.54) is 6.92 Å². The van der Waals surface area contributed by atoms with Gasteiger partial charge in [0.1, 0.15) is 5.83 Å². The van der Waals surface area contributed by atoms with Crippen LogP contribution >= 0.6 is 0 Å². The second-order valence-corrected chi connectivity index (χ2v) is 2.52. The molecular formula is C10H12F2O. The van der Waals surface area contributed by atoms with Gasteiger partial charge < -0.3 is 0 Å². The molecule has 0 aromatic heterocycles. The van der Waals surface area contributed by atoms with Crippen molar-refractivity contribution in [1.29, 1.82) is 0 Å². The molecule has 0 saturated heterocycles. The number of ketones is 1. The minimum absolute atomic E-state index is 0.167. The van der Waals surface area contributed by atoms with Crippen LogP contribution < -0.4 is 0 Å². The lowest BCUT2D eigenvalue weighted by Gasteiger charge is -1.98. The van der Waals surface area contributed by atoms with Crippen LogP contribution in [-0.4, -0.2) is 5.78 Å². The highest BCUT2D eigenvalue weighted by Gasteiger charge is 2.09. The highest BCUT2D eigenvalue weighted by Crippen LogP contribution is 2.13. The molecule has 0 aromatic carbocycles. The molecule has 0 amide bonds. The predicted molar refractivity (Wildman–Crippen MR) is 48.5 cm³/mol. The van der Waals surface area contributed by atoms with Gasteiger partial charge in [-0.05, 0) is 19.1 Å². The van der Waals surface area contributed by atoms with Gasteiger partial charge in [-0.15, -0.1) is 0 Å². The van der Waals surface area contributed by atoms with Gasteiger partial charge in [0.2, 0.25) is 0 Å². The fraction of sp³-hybridized carbons (Fsp3) is 0.300. The van der Waals surface area contributed by atoms with Crippen LogP contribution in [-0.2, 0) is 4.79 Å². The normalized spacial score (nSPS) is 12.9. The Balaban J connectivity index is 4.82. The summed E-state index contributed by atoms with van der Waals surface area (Å²) in [5.74, 6) is -1.70. The zero-order valence-corrected chi connectivity index (χ0v) is 7.73. The van der Waals surface area contributed by atoms with Gasteiger partial charge in [0.15, 0.2) is 5.78 Å². The fourth-order valence-corrected chi connectivity index (χ4v) is 0.723. The zero-order chi connectivity index (χ0) is 10.4. The van der Waals surface area contributed by atoms with E-state index < -0.39 is 11.7 Å². The molecule has 72 valence electrons. The van der Waals surface area contributed by atoms with Crippen LogP contribution in [0, 0.1) is 0 Å². The zero-order valence-electron chi connectivity index (χ0n) is 7.73. The third-order valence-electron chi connectivity index (χ3n) is 1.39. The number of Topliss-reactive ketones (excluding diaryl/α,β-unsaturated/α-hetero) is 1. The summed E-state index contributed by atoms with van der Waals surface area (Å²) in [6.07, 6.45) is 2.31. The molecule has 0 heterocycles. The number of halogens is 2. The second kappa shape index (κ2) is 5.41. The minimum Gasteiger partial charge on any atom is -0.294 e. The van der Waals surface area contributed by atoms with Gasteiger partial charge in [-0.25, -0.2) is 8.78 Å². The number of hydrogen-bond acceptors (Lipinski definition) is 1. The van der Waals surface area contributed by atoms with Crippen molar-refractivity contribution in [2.45, 2.75) is 20.3 Å². The standard InChI is InChI=1S/C10H12F2O/c1-4-10(13)9(8(3)12)6-5-7(2)11/h5-6H,3-4H2,1-2H3/b7-5+,9-6+. The smallest absolute Gasteiger partial charge is 0.165 e. The molecule has 0 spiro atoms. The maximum absolute atomic E-state index is 12.6. The molecule has 1 nitrogen and oxygen atoms in total. The first-order valence-corrected chi connectivity index (χ1v) is 3.91. The van der Waals surface area contributed by atoms with Crippen LogP contribution in [0.3, 0.4) is 0 Å². The molecule has 0 unspecified atom stereocenters. The van der Waals surface area contributed by atoms with Gasteiger partial charge in [-0.2, -0.15) is 0 Å². The summed E-state index contributed by atoms with van der Waals surface area (Å²) in [4.78, 5) is 11.0. The summed E-state index contributed by atoms with van der Waals surface area (Å²) in [5.41, 5.74) is -0.167. The lowest BCUT2D eigenvalue weighted by atomic mass is 10.1. The van der Waals surface area contributed by atoms with Crippen LogP contribution in [0.15, 0.2) is 36.0 Å². The number of carbonyl (C=O) groups is 1. The molecule has 0 aliphatic heterocycles. The molecule has 0 N–H and O–H groups in total. The van der Waals surface area contributed by atoms with E-state index in [0.717, 1.165) is 12.2 Å². The molecule has 0 rings (SSSR count). The Morgan fingerprint density at radius 2 is 1.92 bits per heavy atom. The lowest BCUT2D eigenvalue weighted by molar-refractivity contribution is -0.115. The number of rotatable bonds is 4. The molecule has 0 saturated carbocycles. The average Bonchev–Trinajstić information content (AvgIpc) is 2.03. The molecule has 0 bridgehead atoms. The largest absolute Gasteiger partial charge is 0.294 e. The first kappa shape index (κ1) is 11.8. The molecule has 0 aliphatic carbocycles. The van der Waals surface area contributed by atoms with E-state index in [1.807, 2.05) is 0 Å².